The number of hydrogen-bond donors (Lipinski definition) is 0. The summed E-state index contributed by atoms with van der Waals surface area (Å²) in [5, 5.41) is 0. The van der Waals surface area contributed by atoms with Crippen molar-refractivity contribution in [2.24, 2.45) is 0 Å². The number of rotatable bonds is 1. The van der Waals surface area contributed by atoms with Gasteiger partial charge in [0.05, 0.1) is 7.11 Å². The molecule has 0 aliphatic rings. The Kier molecular flexibility index (Phi) is 20.2. The fourth-order valence-electron chi connectivity index (χ4n) is 0.508. The molecule has 1 aromatic rings. The first-order valence-corrected chi connectivity index (χ1v) is 5.05. The topological polar surface area (TPSA) is 9.23 Å². The van der Waals surface area contributed by atoms with Crippen molar-refractivity contribution < 1.29 is 108 Å². The van der Waals surface area contributed by atoms with Crippen molar-refractivity contribution in [1.82, 2.24) is 0 Å². The largest absolute Gasteiger partial charge is 1.00 e. The summed E-state index contributed by atoms with van der Waals surface area (Å²) in [6.45, 7) is 0. The Hall–Kier alpha value is 0.0112. The molecule has 1 rings (SSSR count). The summed E-state index contributed by atoms with van der Waals surface area (Å²) in [7, 11) is -16.4. The van der Waals surface area contributed by atoms with E-state index in [2.05, 4.69) is 6.07 Å². The van der Waals surface area contributed by atoms with E-state index in [1.807, 2.05) is 24.3 Å². The minimum absolute atomic E-state index is 0. The average Bonchev–Trinajstić information content (AvgIpc) is 2.23. The number of ether oxygens (including phenoxy) is 1. The van der Waals surface area contributed by atoms with Crippen molar-refractivity contribution in [3.05, 3.63) is 30.3 Å². The van der Waals surface area contributed by atoms with Gasteiger partial charge in [-0.15, -0.1) is 12.1 Å². The van der Waals surface area contributed by atoms with Gasteiger partial charge in [-0.25, -0.2) is 0 Å². The predicted molar refractivity (Wildman–Crippen MR) is 62.4 cm³/mol. The summed E-state index contributed by atoms with van der Waals surface area (Å²) in [5.41, 5.74) is 0. The first-order chi connectivity index (χ1) is 9.93. The third kappa shape index (κ3) is 97.0. The molecule has 0 aromatic heterocycles. The van der Waals surface area contributed by atoms with E-state index in [-0.39, 0.29) is 51.4 Å². The maximum Gasteiger partial charge on any atom is 1.00 e. The van der Waals surface area contributed by atoms with Crippen LogP contribution in [0, 0.1) is 6.07 Å². The summed E-state index contributed by atoms with van der Waals surface area (Å²) in [4.78, 5) is 0. The molecule has 0 saturated heterocycles. The molecule has 0 bridgehead atoms. The fourth-order valence-corrected chi connectivity index (χ4v) is 0.508. The van der Waals surface area contributed by atoms with E-state index < -0.39 is 21.8 Å². The number of hydrogen-bond acceptors (Lipinski definition) is 1. The third-order valence-corrected chi connectivity index (χ3v) is 0.923. The number of methoxy groups -OCH3 is 1. The second kappa shape index (κ2) is 15.3. The van der Waals surface area contributed by atoms with Crippen molar-refractivity contribution in [3.63, 3.8) is 0 Å². The Morgan fingerprint density at radius 1 is 0.667 bits per heavy atom. The zero-order valence-corrected chi connectivity index (χ0v) is 15.1. The van der Waals surface area contributed by atoms with E-state index in [9.17, 15) is 51.8 Å². The average molecular weight is 407 g/mol. The first-order valence-electron chi connectivity index (χ1n) is 5.05. The maximum absolute atomic E-state index is 9.75. The summed E-state index contributed by atoms with van der Waals surface area (Å²) in [6.07, 6.45) is 0. The normalized spacial score (nSPS) is 10.4. The Bertz CT molecular complexity index is 334. The SMILES string of the molecule is COc1cc[c-]cc1.F[B-](F)(F)F.F[B-](F)(F)F.F[B-](F)(F)F.[K+]. The molecule has 1 aromatic carbocycles. The molecule has 17 heteroatoms. The smallest absolute Gasteiger partial charge is 0.522 e. The van der Waals surface area contributed by atoms with Gasteiger partial charge in [0.15, 0.2) is 0 Å². The van der Waals surface area contributed by atoms with Crippen LogP contribution in [0.1, 0.15) is 0 Å². The van der Waals surface area contributed by atoms with Crippen LogP contribution in [-0.2, 0) is 0 Å². The van der Waals surface area contributed by atoms with Gasteiger partial charge < -0.3 is 56.5 Å². The fraction of sp³-hybridized carbons (Fsp3) is 0.143. The van der Waals surface area contributed by atoms with Crippen LogP contribution in [0.4, 0.5) is 51.8 Å². The zero-order chi connectivity index (χ0) is 19.3. The van der Waals surface area contributed by atoms with E-state index in [4.69, 9.17) is 4.74 Å². The molecule has 0 heterocycles. The Balaban J connectivity index is -0.000000113. The summed E-state index contributed by atoms with van der Waals surface area (Å²) >= 11 is 0. The van der Waals surface area contributed by atoms with Crippen molar-refractivity contribution in [2.45, 2.75) is 0 Å². The maximum atomic E-state index is 9.75. The van der Waals surface area contributed by atoms with E-state index in [0.717, 1.165) is 5.75 Å². The molecule has 0 saturated carbocycles. The van der Waals surface area contributed by atoms with Crippen LogP contribution in [0.2, 0.25) is 0 Å². The monoisotopic (exact) mass is 407 g/mol. The van der Waals surface area contributed by atoms with Gasteiger partial charge in [-0.05, 0) is 0 Å². The number of halogens is 12. The van der Waals surface area contributed by atoms with Crippen LogP contribution in [-0.4, -0.2) is 28.9 Å². The van der Waals surface area contributed by atoms with Gasteiger partial charge >= 0.3 is 73.1 Å². The minimum atomic E-state index is -6.00. The van der Waals surface area contributed by atoms with Crippen LogP contribution in [0.25, 0.3) is 0 Å². The second-order valence-corrected chi connectivity index (χ2v) is 2.92. The molecule has 138 valence electrons. The summed E-state index contributed by atoms with van der Waals surface area (Å²) in [5.74, 6) is 0.878. The molecular formula is C7H7B3F12KO-3. The molecule has 0 spiro atoms. The molecule has 24 heavy (non-hydrogen) atoms. The molecule has 0 aliphatic heterocycles. The standard InChI is InChI=1S/C7H7O.3BF4.K/c1-8-7-5-3-2-4-6-7;3*2-1(3,4)5;/h3-6H,1H3;;;;/q4*-1;+1. The molecule has 0 unspecified atom stereocenters. The molecule has 0 N–H and O–H groups in total. The molecule has 0 radical (unpaired) electrons. The van der Waals surface area contributed by atoms with Crippen LogP contribution < -0.4 is 56.1 Å². The van der Waals surface area contributed by atoms with Gasteiger partial charge in [0.2, 0.25) is 0 Å². The first kappa shape index (κ1) is 31.8. The molecule has 1 nitrogen and oxygen atoms in total. The van der Waals surface area contributed by atoms with Gasteiger partial charge in [0.1, 0.15) is 0 Å². The molecule has 0 atom stereocenters. The minimum Gasteiger partial charge on any atom is -0.522 e. The Morgan fingerprint density at radius 3 is 1.00 bits per heavy atom. The quantitative estimate of drug-likeness (QED) is 0.395. The van der Waals surface area contributed by atoms with E-state index in [0.29, 0.717) is 0 Å². The van der Waals surface area contributed by atoms with E-state index >= 15 is 0 Å². The van der Waals surface area contributed by atoms with Crippen LogP contribution in [0.5, 0.6) is 5.75 Å². The Morgan fingerprint density at radius 2 is 0.875 bits per heavy atom. The van der Waals surface area contributed by atoms with Gasteiger partial charge in [-0.1, -0.05) is 0 Å². The molecule has 0 fully saturated rings. The molecular weight excluding hydrogens is 400 g/mol. The van der Waals surface area contributed by atoms with E-state index in [1.165, 1.54) is 0 Å². The molecule has 0 amide bonds. The van der Waals surface area contributed by atoms with Gasteiger partial charge in [0, 0.05) is 5.75 Å². The Labute approximate surface area is 171 Å². The van der Waals surface area contributed by atoms with Gasteiger partial charge in [-0.2, -0.15) is 18.2 Å². The van der Waals surface area contributed by atoms with Crippen molar-refractivity contribution in [3.8, 4) is 5.75 Å². The molecule has 0 aliphatic carbocycles. The zero-order valence-electron chi connectivity index (χ0n) is 12.0. The van der Waals surface area contributed by atoms with Crippen molar-refractivity contribution >= 4 is 21.8 Å². The predicted octanol–water partition coefficient (Wildman–Crippen LogP) is 2.40. The van der Waals surface area contributed by atoms with Crippen molar-refractivity contribution in [2.75, 3.05) is 7.11 Å². The third-order valence-electron chi connectivity index (χ3n) is 0.923. The second-order valence-electron chi connectivity index (χ2n) is 2.92. The van der Waals surface area contributed by atoms with Crippen LogP contribution in [0.15, 0.2) is 24.3 Å². The van der Waals surface area contributed by atoms with E-state index in [1.54, 1.807) is 7.11 Å². The van der Waals surface area contributed by atoms with Crippen LogP contribution >= 0.6 is 0 Å². The number of benzene rings is 1. The van der Waals surface area contributed by atoms with Crippen LogP contribution in [0.3, 0.4) is 0 Å². The summed E-state index contributed by atoms with van der Waals surface area (Å²) in [6, 6.07) is 10.2. The van der Waals surface area contributed by atoms with Gasteiger partial charge in [-0.3, -0.25) is 0 Å². The van der Waals surface area contributed by atoms with Crippen molar-refractivity contribution in [1.29, 1.82) is 0 Å². The summed E-state index contributed by atoms with van der Waals surface area (Å²) < 4.78 is 122. The van der Waals surface area contributed by atoms with Gasteiger partial charge in [0.25, 0.3) is 0 Å².